The van der Waals surface area contributed by atoms with Crippen molar-refractivity contribution in [3.05, 3.63) is 53.7 Å². The highest BCUT2D eigenvalue weighted by Crippen LogP contribution is 2.23. The minimum Gasteiger partial charge on any atom is -0.354 e. The van der Waals surface area contributed by atoms with Gasteiger partial charge in [0.15, 0.2) is 5.69 Å². The second-order valence-corrected chi connectivity index (χ2v) is 6.68. The highest BCUT2D eigenvalue weighted by molar-refractivity contribution is 7.13. The molecule has 1 aliphatic rings. The lowest BCUT2D eigenvalue weighted by molar-refractivity contribution is 0.0935. The normalized spacial score (nSPS) is 17.2. The quantitative estimate of drug-likeness (QED) is 0.766. The van der Waals surface area contributed by atoms with Crippen LogP contribution in [0.4, 0.5) is 5.82 Å². The fraction of sp³-hybridized carbons (Fsp3) is 0.235. The Morgan fingerprint density at radius 3 is 3.08 bits per heavy atom. The number of anilines is 1. The van der Waals surface area contributed by atoms with Crippen molar-refractivity contribution in [3.63, 3.8) is 0 Å². The minimum absolute atomic E-state index is 0.112. The van der Waals surface area contributed by atoms with Gasteiger partial charge in [-0.15, -0.1) is 11.3 Å². The Hall–Kier alpha value is -2.67. The monoisotopic (exact) mass is 339 g/mol. The van der Waals surface area contributed by atoms with Crippen LogP contribution in [0.3, 0.4) is 0 Å². The molecule has 1 atom stereocenters. The van der Waals surface area contributed by atoms with E-state index < -0.39 is 0 Å². The first kappa shape index (κ1) is 14.9. The number of thiophene rings is 1. The molecule has 7 heteroatoms. The fourth-order valence-electron chi connectivity index (χ4n) is 2.88. The third-order valence-electron chi connectivity index (χ3n) is 4.09. The Bertz CT molecular complexity index is 815. The Balaban J connectivity index is 1.39. The molecule has 0 radical (unpaired) electrons. The predicted octanol–water partition coefficient (Wildman–Crippen LogP) is 2.54. The Kier molecular flexibility index (Phi) is 4.00. The first-order chi connectivity index (χ1) is 11.8. The van der Waals surface area contributed by atoms with Crippen molar-refractivity contribution in [1.82, 2.24) is 20.5 Å². The number of aromatic nitrogens is 3. The smallest absolute Gasteiger partial charge is 0.272 e. The Labute approximate surface area is 143 Å². The standard InChI is InChI=1S/C17H17N5OS/c23-17(14-10-13(20-21-14)15-4-3-9-24-15)19-12-6-8-22(11-12)16-5-1-2-7-18-16/h1-5,7,9-10,12H,6,8,11H2,(H,19,23)(H,20,21). The molecule has 3 aromatic rings. The van der Waals surface area contributed by atoms with Gasteiger partial charge in [0.1, 0.15) is 5.82 Å². The van der Waals surface area contributed by atoms with Crippen molar-refractivity contribution in [1.29, 1.82) is 0 Å². The van der Waals surface area contributed by atoms with Gasteiger partial charge in [-0.3, -0.25) is 9.89 Å². The third kappa shape index (κ3) is 3.03. The van der Waals surface area contributed by atoms with Crippen LogP contribution in [0, 0.1) is 0 Å². The fourth-order valence-corrected chi connectivity index (χ4v) is 3.57. The van der Waals surface area contributed by atoms with E-state index in [1.54, 1.807) is 23.6 Å². The molecular formula is C17H17N5OS. The third-order valence-corrected chi connectivity index (χ3v) is 5.00. The summed E-state index contributed by atoms with van der Waals surface area (Å²) in [7, 11) is 0. The summed E-state index contributed by atoms with van der Waals surface area (Å²) in [6.07, 6.45) is 2.70. The van der Waals surface area contributed by atoms with Crippen LogP contribution in [0.5, 0.6) is 0 Å². The molecule has 122 valence electrons. The molecule has 24 heavy (non-hydrogen) atoms. The number of rotatable bonds is 4. The second kappa shape index (κ2) is 6.45. The summed E-state index contributed by atoms with van der Waals surface area (Å²) >= 11 is 1.62. The van der Waals surface area contributed by atoms with E-state index in [1.807, 2.05) is 35.7 Å². The topological polar surface area (TPSA) is 73.9 Å². The van der Waals surface area contributed by atoms with E-state index in [0.29, 0.717) is 5.69 Å². The molecule has 0 spiro atoms. The van der Waals surface area contributed by atoms with Gasteiger partial charge in [0, 0.05) is 25.3 Å². The second-order valence-electron chi connectivity index (χ2n) is 5.74. The summed E-state index contributed by atoms with van der Waals surface area (Å²) in [6.45, 7) is 1.66. The van der Waals surface area contributed by atoms with Gasteiger partial charge in [0.2, 0.25) is 0 Å². The molecule has 0 aromatic carbocycles. The lowest BCUT2D eigenvalue weighted by Gasteiger charge is -2.17. The summed E-state index contributed by atoms with van der Waals surface area (Å²) in [5.74, 6) is 0.816. The van der Waals surface area contributed by atoms with Gasteiger partial charge in [0.25, 0.3) is 5.91 Å². The molecule has 4 heterocycles. The molecule has 0 aliphatic carbocycles. The first-order valence-corrected chi connectivity index (χ1v) is 8.74. The van der Waals surface area contributed by atoms with Crippen LogP contribution in [-0.4, -0.2) is 40.2 Å². The summed E-state index contributed by atoms with van der Waals surface area (Å²) < 4.78 is 0. The summed E-state index contributed by atoms with van der Waals surface area (Å²) in [5.41, 5.74) is 1.30. The van der Waals surface area contributed by atoms with Crippen molar-refractivity contribution in [2.24, 2.45) is 0 Å². The van der Waals surface area contributed by atoms with Crippen molar-refractivity contribution >= 4 is 23.1 Å². The molecule has 0 bridgehead atoms. The van der Waals surface area contributed by atoms with Gasteiger partial charge in [-0.1, -0.05) is 12.1 Å². The van der Waals surface area contributed by atoms with Crippen LogP contribution in [0.2, 0.25) is 0 Å². The number of pyridine rings is 1. The average molecular weight is 339 g/mol. The van der Waals surface area contributed by atoms with Crippen LogP contribution >= 0.6 is 11.3 Å². The predicted molar refractivity (Wildman–Crippen MR) is 94.2 cm³/mol. The van der Waals surface area contributed by atoms with Crippen LogP contribution in [0.25, 0.3) is 10.6 Å². The molecular weight excluding hydrogens is 322 g/mol. The summed E-state index contributed by atoms with van der Waals surface area (Å²) in [5, 5.41) is 12.1. The SMILES string of the molecule is O=C(NC1CCN(c2ccccn2)C1)c1cc(-c2cccs2)[nH]n1. The van der Waals surface area contributed by atoms with Gasteiger partial charge < -0.3 is 10.2 Å². The summed E-state index contributed by atoms with van der Waals surface area (Å²) in [4.78, 5) is 20.0. The van der Waals surface area contributed by atoms with E-state index in [4.69, 9.17) is 0 Å². The molecule has 2 N–H and O–H groups in total. The van der Waals surface area contributed by atoms with Crippen LogP contribution in [0.1, 0.15) is 16.9 Å². The average Bonchev–Trinajstić information content (AvgIpc) is 3.36. The molecule has 1 fully saturated rings. The lowest BCUT2D eigenvalue weighted by Crippen LogP contribution is -2.37. The zero-order chi connectivity index (χ0) is 16.4. The van der Waals surface area contributed by atoms with Crippen LogP contribution in [-0.2, 0) is 0 Å². The Morgan fingerprint density at radius 2 is 2.29 bits per heavy atom. The van der Waals surface area contributed by atoms with E-state index in [1.165, 1.54) is 0 Å². The zero-order valence-electron chi connectivity index (χ0n) is 13.0. The number of hydrogen-bond acceptors (Lipinski definition) is 5. The number of nitrogens with one attached hydrogen (secondary N) is 2. The van der Waals surface area contributed by atoms with Crippen molar-refractivity contribution in [2.45, 2.75) is 12.5 Å². The molecule has 6 nitrogen and oxygen atoms in total. The van der Waals surface area contributed by atoms with Gasteiger partial charge in [-0.05, 0) is 36.1 Å². The van der Waals surface area contributed by atoms with Gasteiger partial charge in [-0.25, -0.2) is 4.98 Å². The highest BCUT2D eigenvalue weighted by atomic mass is 32.1. The maximum absolute atomic E-state index is 12.4. The van der Waals surface area contributed by atoms with Crippen molar-refractivity contribution in [3.8, 4) is 10.6 Å². The van der Waals surface area contributed by atoms with Gasteiger partial charge in [-0.2, -0.15) is 5.10 Å². The number of H-pyrrole nitrogens is 1. The molecule has 3 aromatic heterocycles. The summed E-state index contributed by atoms with van der Waals surface area (Å²) in [6, 6.07) is 11.8. The van der Waals surface area contributed by atoms with Gasteiger partial charge >= 0.3 is 0 Å². The number of nitrogens with zero attached hydrogens (tertiary/aromatic N) is 3. The zero-order valence-corrected chi connectivity index (χ0v) is 13.8. The number of carbonyl (C=O) groups is 1. The van der Waals surface area contributed by atoms with Crippen molar-refractivity contribution < 1.29 is 4.79 Å². The van der Waals surface area contributed by atoms with E-state index in [2.05, 4.69) is 25.4 Å². The first-order valence-electron chi connectivity index (χ1n) is 7.86. The lowest BCUT2D eigenvalue weighted by atomic mass is 10.2. The maximum Gasteiger partial charge on any atom is 0.272 e. The molecule has 1 unspecified atom stereocenters. The molecule has 1 amide bonds. The largest absolute Gasteiger partial charge is 0.354 e. The number of aromatic amines is 1. The van der Waals surface area contributed by atoms with Crippen molar-refractivity contribution in [2.75, 3.05) is 18.0 Å². The number of carbonyl (C=O) groups excluding carboxylic acids is 1. The van der Waals surface area contributed by atoms with E-state index in [-0.39, 0.29) is 11.9 Å². The number of amides is 1. The van der Waals surface area contributed by atoms with Crippen LogP contribution in [0.15, 0.2) is 48.0 Å². The molecule has 0 saturated carbocycles. The minimum atomic E-state index is -0.137. The number of hydrogen-bond donors (Lipinski definition) is 2. The molecule has 1 aliphatic heterocycles. The molecule has 1 saturated heterocycles. The maximum atomic E-state index is 12.4. The van der Waals surface area contributed by atoms with E-state index in [0.717, 1.165) is 35.9 Å². The highest BCUT2D eigenvalue weighted by Gasteiger charge is 2.25. The van der Waals surface area contributed by atoms with E-state index in [9.17, 15) is 4.79 Å². The van der Waals surface area contributed by atoms with E-state index >= 15 is 0 Å². The molecule has 4 rings (SSSR count). The van der Waals surface area contributed by atoms with Crippen LogP contribution < -0.4 is 10.2 Å². The van der Waals surface area contributed by atoms with Gasteiger partial charge in [0.05, 0.1) is 10.6 Å². The Morgan fingerprint density at radius 1 is 1.33 bits per heavy atom.